The van der Waals surface area contributed by atoms with E-state index in [4.69, 9.17) is 11.8 Å². The second-order valence-electron chi connectivity index (χ2n) is 9.77. The molecule has 0 fully saturated rings. The highest BCUT2D eigenvalue weighted by atomic mass is 32.4. The Balaban J connectivity index is 2.58. The molecule has 0 amide bonds. The summed E-state index contributed by atoms with van der Waals surface area (Å²) in [5.41, 5.74) is 4.97. The summed E-state index contributed by atoms with van der Waals surface area (Å²) in [5.74, 6) is 0. The third-order valence-electron chi connectivity index (χ3n) is 5.61. The van der Waals surface area contributed by atoms with Crippen molar-refractivity contribution in [3.63, 3.8) is 0 Å². The molecule has 0 saturated carbocycles. The molecule has 0 aliphatic heterocycles. The van der Waals surface area contributed by atoms with E-state index in [0.29, 0.717) is 0 Å². The molecule has 30 heavy (non-hydrogen) atoms. The minimum atomic E-state index is -2.09. The molecule has 3 rings (SSSR count). The Morgan fingerprint density at radius 2 is 0.833 bits per heavy atom. The van der Waals surface area contributed by atoms with Gasteiger partial charge in [0.05, 0.1) is 0 Å². The van der Waals surface area contributed by atoms with E-state index < -0.39 is 6.04 Å². The van der Waals surface area contributed by atoms with Crippen LogP contribution in [-0.4, -0.2) is 10.3 Å². The lowest BCUT2D eigenvalue weighted by Gasteiger charge is -2.47. The van der Waals surface area contributed by atoms with E-state index in [9.17, 15) is 0 Å². The molecule has 156 valence electrons. The Morgan fingerprint density at radius 1 is 0.533 bits per heavy atom. The van der Waals surface area contributed by atoms with Crippen LogP contribution in [0.5, 0.6) is 0 Å². The minimum Gasteiger partial charge on any atom is -0.0914 e. The minimum absolute atomic E-state index is 0.0272. The van der Waals surface area contributed by atoms with Gasteiger partial charge in [0, 0.05) is 5.31 Å². The van der Waals surface area contributed by atoms with Crippen molar-refractivity contribution in [1.82, 2.24) is 0 Å². The van der Waals surface area contributed by atoms with Crippen LogP contribution in [0.25, 0.3) is 10.9 Å². The summed E-state index contributed by atoms with van der Waals surface area (Å²) in [6, 6.07) is 30.3. The van der Waals surface area contributed by atoms with E-state index in [1.807, 2.05) is 0 Å². The van der Waals surface area contributed by atoms with E-state index >= 15 is 0 Å². The predicted octanol–water partition coefficient (Wildman–Crippen LogP) is 8.68. The molecule has 0 radical (unpaired) electrons. The fraction of sp³-hybridized carbons (Fsp3) is 0.286. The fourth-order valence-electron chi connectivity index (χ4n) is 4.41. The number of hydrogen-bond donors (Lipinski definition) is 0. The van der Waals surface area contributed by atoms with Crippen LogP contribution in [0.4, 0.5) is 0 Å². The maximum Gasteiger partial charge on any atom is 0.00240 e. The second-order valence-corrected chi connectivity index (χ2v) is 15.8. The summed E-state index contributed by atoms with van der Waals surface area (Å²) >= 11 is 6.81. The van der Waals surface area contributed by atoms with E-state index in [0.717, 1.165) is 0 Å². The first-order valence-corrected chi connectivity index (χ1v) is 13.4. The summed E-state index contributed by atoms with van der Waals surface area (Å²) in [5, 5.41) is 1.29. The van der Waals surface area contributed by atoms with Gasteiger partial charge in [0.25, 0.3) is 0 Å². The highest BCUT2D eigenvalue weighted by Gasteiger charge is 2.46. The lowest BCUT2D eigenvalue weighted by molar-refractivity contribution is 0.713. The Hall–Kier alpha value is -1.95. The van der Waals surface area contributed by atoms with Gasteiger partial charge in [-0.15, -0.1) is 0 Å². The van der Waals surface area contributed by atoms with E-state index in [2.05, 4.69) is 133 Å². The third-order valence-corrected chi connectivity index (χ3v) is 14.3. The molecular weight excluding hydrogens is 399 g/mol. The van der Waals surface area contributed by atoms with Crippen LogP contribution >= 0.6 is 6.04 Å². The maximum absolute atomic E-state index is 6.81. The molecule has 0 unspecified atom stereocenters. The average Bonchev–Trinajstić information content (AvgIpc) is 2.71. The molecule has 2 heteroatoms. The van der Waals surface area contributed by atoms with Gasteiger partial charge in [-0.05, 0) is 38.6 Å². The molecule has 3 aromatic rings. The van der Waals surface area contributed by atoms with Crippen molar-refractivity contribution in [2.45, 2.75) is 51.9 Å². The van der Waals surface area contributed by atoms with Gasteiger partial charge in [-0.1, -0.05) is 144 Å². The van der Waals surface area contributed by atoms with Gasteiger partial charge in [-0.3, -0.25) is 0 Å². The van der Waals surface area contributed by atoms with Crippen LogP contribution in [0.15, 0.2) is 91.0 Å². The summed E-state index contributed by atoms with van der Waals surface area (Å²) in [6.45, 7) is 14.0. The first-order valence-electron chi connectivity index (χ1n) is 10.6. The maximum atomic E-state index is 6.81. The Morgan fingerprint density at radius 3 is 1.13 bits per heavy atom. The lowest BCUT2D eigenvalue weighted by atomic mass is 9.95. The Kier molecular flexibility index (Phi) is 6.56. The van der Waals surface area contributed by atoms with Gasteiger partial charge in [0.15, 0.2) is 0 Å². The average molecular weight is 433 g/mol. The van der Waals surface area contributed by atoms with Gasteiger partial charge >= 0.3 is 0 Å². The quantitative estimate of drug-likeness (QED) is 0.293. The molecule has 0 heterocycles. The van der Waals surface area contributed by atoms with Gasteiger partial charge in [0.2, 0.25) is 0 Å². The molecule has 0 N–H and O–H groups in total. The SMILES string of the molecule is CC(C)(C)P(=S)(C(=C(c1ccccc1)c1ccccc1)c1ccccc1)C(C)(C)C. The lowest BCUT2D eigenvalue weighted by Crippen LogP contribution is -2.29. The molecule has 0 aliphatic carbocycles. The molecule has 0 saturated heterocycles. The number of rotatable bonds is 4. The van der Waals surface area contributed by atoms with Crippen LogP contribution in [0, 0.1) is 0 Å². The summed E-state index contributed by atoms with van der Waals surface area (Å²) in [7, 11) is 0. The smallest absolute Gasteiger partial charge is 0.00240 e. The first kappa shape index (κ1) is 22.7. The molecule has 0 aliphatic rings. The van der Waals surface area contributed by atoms with Crippen LogP contribution in [0.2, 0.25) is 0 Å². The number of hydrogen-bond acceptors (Lipinski definition) is 1. The van der Waals surface area contributed by atoms with Gasteiger partial charge in [-0.2, -0.15) is 0 Å². The molecule has 0 bridgehead atoms. The van der Waals surface area contributed by atoms with E-state index in [1.54, 1.807) is 0 Å². The van der Waals surface area contributed by atoms with Crippen LogP contribution in [0.3, 0.4) is 0 Å². The van der Waals surface area contributed by atoms with E-state index in [-0.39, 0.29) is 10.3 Å². The monoisotopic (exact) mass is 432 g/mol. The zero-order valence-corrected chi connectivity index (χ0v) is 20.7. The van der Waals surface area contributed by atoms with Crippen molar-refractivity contribution in [1.29, 1.82) is 0 Å². The Labute approximate surface area is 188 Å². The predicted molar refractivity (Wildman–Crippen MR) is 139 cm³/mol. The van der Waals surface area contributed by atoms with Gasteiger partial charge in [-0.25, -0.2) is 0 Å². The first-order chi connectivity index (χ1) is 14.1. The van der Waals surface area contributed by atoms with Gasteiger partial charge < -0.3 is 0 Å². The Bertz CT molecular complexity index is 991. The normalized spacial score (nSPS) is 12.5. The van der Waals surface area contributed by atoms with Gasteiger partial charge in [0.1, 0.15) is 0 Å². The highest BCUT2D eigenvalue weighted by Crippen LogP contribution is 2.76. The molecule has 3 aromatic carbocycles. The largest absolute Gasteiger partial charge is 0.0914 e. The standard InChI is InChI=1S/C28H33PS/c1-27(2,3)29(30,28(4,5)6)26(24-20-14-9-15-21-24)25(22-16-10-7-11-17-22)23-18-12-8-13-19-23/h7-21H,1-6H3. The van der Waals surface area contributed by atoms with Crippen LogP contribution in [0.1, 0.15) is 58.2 Å². The zero-order valence-electron chi connectivity index (χ0n) is 19.0. The topological polar surface area (TPSA) is 0 Å². The molecular formula is C28H33PS. The summed E-state index contributed by atoms with van der Waals surface area (Å²) < 4.78 is 0. The highest BCUT2D eigenvalue weighted by molar-refractivity contribution is 8.21. The molecule has 0 nitrogen and oxygen atoms in total. The third kappa shape index (κ3) is 4.25. The molecule has 0 spiro atoms. The summed E-state index contributed by atoms with van der Waals surface area (Å²) in [4.78, 5) is 0. The van der Waals surface area contributed by atoms with Crippen LogP contribution < -0.4 is 0 Å². The summed E-state index contributed by atoms with van der Waals surface area (Å²) in [6.07, 6.45) is 0. The fourth-order valence-corrected chi connectivity index (χ4v) is 9.44. The molecule has 0 aromatic heterocycles. The van der Waals surface area contributed by atoms with Crippen molar-refractivity contribution in [2.75, 3.05) is 0 Å². The van der Waals surface area contributed by atoms with Crippen molar-refractivity contribution in [3.05, 3.63) is 108 Å². The zero-order chi connectivity index (χ0) is 22.0. The van der Waals surface area contributed by atoms with Crippen molar-refractivity contribution in [3.8, 4) is 0 Å². The van der Waals surface area contributed by atoms with E-state index in [1.165, 1.54) is 27.6 Å². The van der Waals surface area contributed by atoms with Crippen molar-refractivity contribution in [2.24, 2.45) is 0 Å². The van der Waals surface area contributed by atoms with Crippen molar-refractivity contribution >= 4 is 28.7 Å². The van der Waals surface area contributed by atoms with Crippen molar-refractivity contribution < 1.29 is 0 Å². The second kappa shape index (κ2) is 8.66. The number of benzene rings is 3. The molecule has 0 atom stereocenters. The van der Waals surface area contributed by atoms with Crippen LogP contribution in [-0.2, 0) is 11.8 Å².